The molecule has 0 radical (unpaired) electrons. The number of benzene rings is 2. The molecule has 4 rings (SSSR count). The topological polar surface area (TPSA) is 95.6 Å². The quantitative estimate of drug-likeness (QED) is 0.751. The fourth-order valence-corrected chi connectivity index (χ4v) is 3.78. The highest BCUT2D eigenvalue weighted by Gasteiger charge is 2.45. The summed E-state index contributed by atoms with van der Waals surface area (Å²) in [6.07, 6.45) is 0.0783. The number of nitrogens with one attached hydrogen (secondary N) is 2. The Balaban J connectivity index is 1.65. The lowest BCUT2D eigenvalue weighted by molar-refractivity contribution is -0.136. The minimum atomic E-state index is -1.07. The Morgan fingerprint density at radius 1 is 1.07 bits per heavy atom. The largest absolute Gasteiger partial charge is 0.378 e. The van der Waals surface area contributed by atoms with E-state index in [-0.39, 0.29) is 24.0 Å². The number of hydrogen-bond acceptors (Lipinski definition) is 5. The number of hydrogen-bond donors (Lipinski definition) is 2. The Kier molecular flexibility index (Phi) is 4.81. The van der Waals surface area contributed by atoms with E-state index in [1.54, 1.807) is 19.1 Å². The van der Waals surface area contributed by atoms with Crippen LogP contribution < -0.4 is 10.6 Å². The van der Waals surface area contributed by atoms with Crippen LogP contribution >= 0.6 is 0 Å². The van der Waals surface area contributed by atoms with Crippen LogP contribution in [0.5, 0.6) is 0 Å². The maximum Gasteiger partial charge on any atom is 0.264 e. The van der Waals surface area contributed by atoms with Crippen molar-refractivity contribution in [2.24, 2.45) is 0 Å². The van der Waals surface area contributed by atoms with Gasteiger partial charge in [-0.25, -0.2) is 8.78 Å². The van der Waals surface area contributed by atoms with E-state index in [1.807, 2.05) is 0 Å². The first kappa shape index (κ1) is 19.7. The predicted molar refractivity (Wildman–Crippen MR) is 102 cm³/mol. The fraction of sp³-hybridized carbons (Fsp3) is 0.238. The van der Waals surface area contributed by atoms with Gasteiger partial charge in [-0.2, -0.15) is 0 Å². The Labute approximate surface area is 170 Å². The lowest BCUT2D eigenvalue weighted by atomic mass is 10.0. The fourth-order valence-electron chi connectivity index (χ4n) is 3.78. The summed E-state index contributed by atoms with van der Waals surface area (Å²) in [4.78, 5) is 50.3. The molecule has 0 saturated carbocycles. The van der Waals surface area contributed by atoms with Crippen molar-refractivity contribution in [2.75, 3.05) is 5.32 Å². The Hall–Kier alpha value is -3.62. The molecule has 0 aliphatic carbocycles. The van der Waals surface area contributed by atoms with Crippen LogP contribution in [0.1, 0.15) is 52.1 Å². The zero-order valence-corrected chi connectivity index (χ0v) is 15.9. The second kappa shape index (κ2) is 7.33. The van der Waals surface area contributed by atoms with E-state index in [0.29, 0.717) is 11.3 Å². The molecule has 1 fully saturated rings. The van der Waals surface area contributed by atoms with Crippen molar-refractivity contribution in [3.63, 3.8) is 0 Å². The summed E-state index contributed by atoms with van der Waals surface area (Å²) in [6.45, 7) is 1.66. The van der Waals surface area contributed by atoms with Gasteiger partial charge < -0.3 is 5.32 Å². The molecular formula is C21H17F2N3O4. The van der Waals surface area contributed by atoms with Crippen molar-refractivity contribution in [1.29, 1.82) is 0 Å². The Bertz CT molecular complexity index is 1080. The van der Waals surface area contributed by atoms with Gasteiger partial charge in [0.1, 0.15) is 17.7 Å². The van der Waals surface area contributed by atoms with Crippen molar-refractivity contribution >= 4 is 29.3 Å². The average molecular weight is 413 g/mol. The van der Waals surface area contributed by atoms with Crippen LogP contribution in [0.15, 0.2) is 36.4 Å². The molecule has 30 heavy (non-hydrogen) atoms. The first-order valence-electron chi connectivity index (χ1n) is 9.33. The number of halogens is 2. The van der Waals surface area contributed by atoms with Crippen LogP contribution in [-0.2, 0) is 9.59 Å². The van der Waals surface area contributed by atoms with Gasteiger partial charge in [0.25, 0.3) is 11.8 Å². The number of nitrogens with zero attached hydrogens (tertiary/aromatic N) is 1. The van der Waals surface area contributed by atoms with Gasteiger partial charge in [0.05, 0.1) is 11.1 Å². The average Bonchev–Trinajstić information content (AvgIpc) is 2.93. The molecule has 0 bridgehead atoms. The molecule has 2 aromatic rings. The summed E-state index contributed by atoms with van der Waals surface area (Å²) in [7, 11) is 0. The van der Waals surface area contributed by atoms with Crippen LogP contribution in [0.2, 0.25) is 0 Å². The number of anilines is 1. The van der Waals surface area contributed by atoms with Crippen molar-refractivity contribution in [2.45, 2.75) is 31.8 Å². The molecule has 2 N–H and O–H groups in total. The summed E-state index contributed by atoms with van der Waals surface area (Å²) in [5.74, 6) is -3.90. The van der Waals surface area contributed by atoms with Crippen molar-refractivity contribution < 1.29 is 28.0 Å². The highest BCUT2D eigenvalue weighted by Crippen LogP contribution is 2.34. The van der Waals surface area contributed by atoms with Crippen LogP contribution in [0.25, 0.3) is 0 Å². The van der Waals surface area contributed by atoms with Gasteiger partial charge in [0, 0.05) is 24.2 Å². The van der Waals surface area contributed by atoms with Gasteiger partial charge in [0.2, 0.25) is 11.8 Å². The van der Waals surface area contributed by atoms with E-state index in [1.165, 1.54) is 18.2 Å². The number of carbonyl (C=O) groups excluding carboxylic acids is 4. The third kappa shape index (κ3) is 3.32. The van der Waals surface area contributed by atoms with Crippen LogP contribution in [0.4, 0.5) is 14.5 Å². The van der Waals surface area contributed by atoms with Crippen LogP contribution in [0.3, 0.4) is 0 Å². The number of imide groups is 2. The van der Waals surface area contributed by atoms with Gasteiger partial charge in [-0.3, -0.25) is 29.4 Å². The van der Waals surface area contributed by atoms with Crippen molar-refractivity contribution in [3.8, 4) is 0 Å². The molecular weight excluding hydrogens is 396 g/mol. The molecule has 1 saturated heterocycles. The van der Waals surface area contributed by atoms with Gasteiger partial charge in [-0.05, 0) is 43.2 Å². The van der Waals surface area contributed by atoms with E-state index in [9.17, 15) is 28.0 Å². The zero-order valence-electron chi connectivity index (χ0n) is 15.9. The lowest BCUT2D eigenvalue weighted by Gasteiger charge is -2.28. The van der Waals surface area contributed by atoms with E-state index in [2.05, 4.69) is 10.6 Å². The summed E-state index contributed by atoms with van der Waals surface area (Å²) >= 11 is 0. The van der Waals surface area contributed by atoms with Gasteiger partial charge in [0.15, 0.2) is 0 Å². The van der Waals surface area contributed by atoms with Crippen LogP contribution in [-0.4, -0.2) is 34.6 Å². The molecule has 9 heteroatoms. The first-order chi connectivity index (χ1) is 14.3. The molecule has 0 spiro atoms. The zero-order chi connectivity index (χ0) is 21.6. The summed E-state index contributed by atoms with van der Waals surface area (Å²) < 4.78 is 27.1. The molecule has 4 amide bonds. The Morgan fingerprint density at radius 2 is 1.77 bits per heavy atom. The van der Waals surface area contributed by atoms with Crippen molar-refractivity contribution in [1.82, 2.24) is 10.2 Å². The number of rotatable bonds is 4. The normalized spacial score (nSPS) is 19.6. The molecule has 1 unspecified atom stereocenters. The summed E-state index contributed by atoms with van der Waals surface area (Å²) in [6, 6.07) is 6.07. The first-order valence-corrected chi connectivity index (χ1v) is 9.33. The minimum Gasteiger partial charge on any atom is -0.378 e. The minimum absolute atomic E-state index is 0.0249. The standard InChI is InChI=1S/C21H17F2N3O4/c1-10(11-7-12(22)9-13(23)8-11)24-15-4-2-3-14-18(15)21(30)26(20(14)29)16-5-6-17(27)25-19(16)28/h2-4,7-10,16,24H,5-6H2,1H3,(H,25,27,28)/t10-,16?/m1/s1. The molecule has 154 valence electrons. The lowest BCUT2D eigenvalue weighted by Crippen LogP contribution is -2.54. The van der Waals surface area contributed by atoms with Crippen LogP contribution in [0, 0.1) is 11.6 Å². The number of carbonyl (C=O) groups is 4. The maximum absolute atomic E-state index is 13.5. The highest BCUT2D eigenvalue weighted by molar-refractivity contribution is 6.25. The third-order valence-corrected chi connectivity index (χ3v) is 5.23. The van der Waals surface area contributed by atoms with Crippen molar-refractivity contribution in [3.05, 3.63) is 64.7 Å². The second-order valence-electron chi connectivity index (χ2n) is 7.24. The van der Waals surface area contributed by atoms with Gasteiger partial charge in [-0.1, -0.05) is 6.07 Å². The third-order valence-electron chi connectivity index (χ3n) is 5.23. The molecule has 2 aliphatic rings. The number of amides is 4. The Morgan fingerprint density at radius 3 is 2.43 bits per heavy atom. The molecule has 2 heterocycles. The van der Waals surface area contributed by atoms with E-state index >= 15 is 0 Å². The van der Waals surface area contributed by atoms with Gasteiger partial charge >= 0.3 is 0 Å². The number of fused-ring (bicyclic) bond motifs is 1. The van der Waals surface area contributed by atoms with E-state index in [0.717, 1.165) is 11.0 Å². The number of piperidine rings is 1. The van der Waals surface area contributed by atoms with E-state index < -0.39 is 47.3 Å². The molecule has 0 aromatic heterocycles. The summed E-state index contributed by atoms with van der Waals surface area (Å²) in [5, 5.41) is 5.16. The monoisotopic (exact) mass is 413 g/mol. The molecule has 2 atom stereocenters. The smallest absolute Gasteiger partial charge is 0.264 e. The molecule has 2 aliphatic heterocycles. The molecule has 7 nitrogen and oxygen atoms in total. The predicted octanol–water partition coefficient (Wildman–Crippen LogP) is 2.54. The second-order valence-corrected chi connectivity index (χ2v) is 7.24. The molecule has 2 aromatic carbocycles. The summed E-state index contributed by atoms with van der Waals surface area (Å²) in [5.41, 5.74) is 0.824. The highest BCUT2D eigenvalue weighted by atomic mass is 19.1. The van der Waals surface area contributed by atoms with E-state index in [4.69, 9.17) is 0 Å². The SMILES string of the molecule is C[C@@H](Nc1cccc2c1C(=O)N(C1CCC(=O)NC1=O)C2=O)c1cc(F)cc(F)c1. The maximum atomic E-state index is 13.5. The van der Waals surface area contributed by atoms with Gasteiger partial charge in [-0.15, -0.1) is 0 Å².